The van der Waals surface area contributed by atoms with Crippen molar-refractivity contribution in [2.45, 2.75) is 53.0 Å². The van der Waals surface area contributed by atoms with E-state index >= 15 is 0 Å². The summed E-state index contributed by atoms with van der Waals surface area (Å²) in [6.07, 6.45) is 4.09. The molecular weight excluding hydrogens is 170 g/mol. The minimum atomic E-state index is 0.152. The van der Waals surface area contributed by atoms with Gasteiger partial charge in [-0.05, 0) is 47.1 Å². The lowest BCUT2D eigenvalue weighted by Crippen LogP contribution is -2.37. The fourth-order valence-electron chi connectivity index (χ4n) is 1.80. The Bertz CT molecular complexity index is 226. The minimum Gasteiger partial charge on any atom is -0.290 e. The Balaban J connectivity index is 2.39. The highest BCUT2D eigenvalue weighted by atomic mass is 15.1. The summed E-state index contributed by atoms with van der Waals surface area (Å²) in [6.45, 7) is 11.0. The molecule has 1 saturated heterocycles. The molecular formula is C13H23N. The van der Waals surface area contributed by atoms with Gasteiger partial charge in [0.2, 0.25) is 0 Å². The van der Waals surface area contributed by atoms with Gasteiger partial charge in [0.05, 0.1) is 6.54 Å². The van der Waals surface area contributed by atoms with Gasteiger partial charge < -0.3 is 0 Å². The van der Waals surface area contributed by atoms with Crippen molar-refractivity contribution in [3.8, 4) is 11.8 Å². The van der Waals surface area contributed by atoms with Crippen LogP contribution in [-0.4, -0.2) is 24.0 Å². The van der Waals surface area contributed by atoms with Gasteiger partial charge in [-0.1, -0.05) is 18.3 Å². The third-order valence-electron chi connectivity index (χ3n) is 2.69. The van der Waals surface area contributed by atoms with Crippen LogP contribution in [0.2, 0.25) is 0 Å². The highest BCUT2D eigenvalue weighted by Crippen LogP contribution is 2.15. The van der Waals surface area contributed by atoms with E-state index in [-0.39, 0.29) is 5.41 Å². The van der Waals surface area contributed by atoms with Crippen LogP contribution in [0.4, 0.5) is 0 Å². The van der Waals surface area contributed by atoms with E-state index in [2.05, 4.69) is 44.4 Å². The monoisotopic (exact) mass is 193 g/mol. The van der Waals surface area contributed by atoms with Crippen LogP contribution in [0.5, 0.6) is 0 Å². The zero-order valence-electron chi connectivity index (χ0n) is 10.1. The molecule has 0 aliphatic carbocycles. The highest BCUT2D eigenvalue weighted by Gasteiger charge is 2.16. The molecule has 0 unspecified atom stereocenters. The first kappa shape index (κ1) is 11.6. The van der Waals surface area contributed by atoms with Crippen molar-refractivity contribution in [1.29, 1.82) is 0 Å². The normalized spacial score (nSPS) is 24.1. The van der Waals surface area contributed by atoms with Crippen LogP contribution < -0.4 is 0 Å². The molecule has 0 bridgehead atoms. The number of rotatable bonds is 1. The van der Waals surface area contributed by atoms with Crippen LogP contribution in [0.25, 0.3) is 0 Å². The summed E-state index contributed by atoms with van der Waals surface area (Å²) in [7, 11) is 0. The average Bonchev–Trinajstić information content (AvgIpc) is 2.06. The predicted octanol–water partition coefficient (Wildman–Crippen LogP) is 2.91. The molecule has 0 aromatic carbocycles. The van der Waals surface area contributed by atoms with Crippen LogP contribution in [0.3, 0.4) is 0 Å². The lowest BCUT2D eigenvalue weighted by atomic mass is 9.98. The van der Waals surface area contributed by atoms with E-state index in [4.69, 9.17) is 0 Å². The van der Waals surface area contributed by atoms with E-state index in [0.29, 0.717) is 0 Å². The second-order valence-corrected chi connectivity index (χ2v) is 5.37. The number of hydrogen-bond acceptors (Lipinski definition) is 1. The summed E-state index contributed by atoms with van der Waals surface area (Å²) in [5.41, 5.74) is 0.152. The van der Waals surface area contributed by atoms with Crippen molar-refractivity contribution in [3.05, 3.63) is 0 Å². The summed E-state index contributed by atoms with van der Waals surface area (Å²) < 4.78 is 0. The number of hydrogen-bond donors (Lipinski definition) is 0. The first-order chi connectivity index (χ1) is 6.49. The molecule has 0 aromatic rings. The summed E-state index contributed by atoms with van der Waals surface area (Å²) in [4.78, 5) is 2.50. The zero-order chi connectivity index (χ0) is 10.6. The van der Waals surface area contributed by atoms with E-state index in [9.17, 15) is 0 Å². The van der Waals surface area contributed by atoms with Crippen molar-refractivity contribution in [3.63, 3.8) is 0 Å². The second-order valence-electron chi connectivity index (χ2n) is 5.37. The lowest BCUT2D eigenvalue weighted by molar-refractivity contribution is 0.181. The Labute approximate surface area is 88.9 Å². The molecule has 1 fully saturated rings. The predicted molar refractivity (Wildman–Crippen MR) is 62.1 cm³/mol. The molecule has 1 aliphatic heterocycles. The lowest BCUT2D eigenvalue weighted by Gasteiger charge is -2.31. The molecule has 0 radical (unpaired) electrons. The topological polar surface area (TPSA) is 3.24 Å². The van der Waals surface area contributed by atoms with Crippen molar-refractivity contribution < 1.29 is 0 Å². The first-order valence-corrected chi connectivity index (χ1v) is 5.73. The van der Waals surface area contributed by atoms with Gasteiger partial charge in [-0.3, -0.25) is 4.90 Å². The van der Waals surface area contributed by atoms with Gasteiger partial charge >= 0.3 is 0 Å². The summed E-state index contributed by atoms with van der Waals surface area (Å²) in [5, 5.41) is 0. The number of likely N-dealkylation sites (tertiary alicyclic amines) is 1. The maximum Gasteiger partial charge on any atom is 0.0604 e. The van der Waals surface area contributed by atoms with Gasteiger partial charge in [-0.15, -0.1) is 0 Å². The Morgan fingerprint density at radius 1 is 1.29 bits per heavy atom. The molecule has 80 valence electrons. The van der Waals surface area contributed by atoms with Crippen LogP contribution in [0.15, 0.2) is 0 Å². The maximum absolute atomic E-state index is 3.30. The molecule has 1 heteroatoms. The Kier molecular flexibility index (Phi) is 4.01. The largest absolute Gasteiger partial charge is 0.290 e. The van der Waals surface area contributed by atoms with E-state index in [1.165, 1.54) is 25.8 Å². The zero-order valence-corrected chi connectivity index (χ0v) is 10.1. The van der Waals surface area contributed by atoms with Crippen molar-refractivity contribution in [2.24, 2.45) is 5.41 Å². The molecule has 1 atom stereocenters. The molecule has 1 aliphatic rings. The molecule has 0 amide bonds. The summed E-state index contributed by atoms with van der Waals surface area (Å²) in [6, 6.07) is 0.734. The Morgan fingerprint density at radius 2 is 2.00 bits per heavy atom. The standard InChI is InChI=1S/C13H23N/c1-12-8-5-6-10-14(12)11-7-9-13(2,3)4/h12H,5-6,8,10-11H2,1-4H3/t12-/m1/s1. The Hall–Kier alpha value is -0.480. The van der Waals surface area contributed by atoms with Crippen LogP contribution in [0, 0.1) is 17.3 Å². The van der Waals surface area contributed by atoms with Gasteiger partial charge in [-0.25, -0.2) is 0 Å². The van der Waals surface area contributed by atoms with Gasteiger partial charge in [0, 0.05) is 11.5 Å². The molecule has 1 heterocycles. The van der Waals surface area contributed by atoms with E-state index in [0.717, 1.165) is 12.6 Å². The fourth-order valence-corrected chi connectivity index (χ4v) is 1.80. The van der Waals surface area contributed by atoms with Crippen LogP contribution in [0.1, 0.15) is 47.0 Å². The van der Waals surface area contributed by atoms with Gasteiger partial charge in [-0.2, -0.15) is 0 Å². The third kappa shape index (κ3) is 4.15. The van der Waals surface area contributed by atoms with E-state index < -0.39 is 0 Å². The first-order valence-electron chi connectivity index (χ1n) is 5.73. The van der Waals surface area contributed by atoms with Gasteiger partial charge in [0.25, 0.3) is 0 Å². The molecule has 0 saturated carbocycles. The van der Waals surface area contributed by atoms with Crippen LogP contribution in [-0.2, 0) is 0 Å². The van der Waals surface area contributed by atoms with Gasteiger partial charge in [0.1, 0.15) is 0 Å². The second kappa shape index (κ2) is 4.84. The number of piperidine rings is 1. The van der Waals surface area contributed by atoms with Crippen molar-refractivity contribution >= 4 is 0 Å². The van der Waals surface area contributed by atoms with E-state index in [1.54, 1.807) is 0 Å². The average molecular weight is 193 g/mol. The van der Waals surface area contributed by atoms with Crippen LogP contribution >= 0.6 is 0 Å². The van der Waals surface area contributed by atoms with Gasteiger partial charge in [0.15, 0.2) is 0 Å². The molecule has 14 heavy (non-hydrogen) atoms. The highest BCUT2D eigenvalue weighted by molar-refractivity contribution is 5.09. The fraction of sp³-hybridized carbons (Fsp3) is 0.846. The molecule has 0 spiro atoms. The van der Waals surface area contributed by atoms with Crippen molar-refractivity contribution in [1.82, 2.24) is 4.90 Å². The molecule has 1 rings (SSSR count). The SMILES string of the molecule is C[C@@H]1CCCCN1CC#CC(C)(C)C. The van der Waals surface area contributed by atoms with E-state index in [1.807, 2.05) is 0 Å². The molecule has 1 nitrogen and oxygen atoms in total. The smallest absolute Gasteiger partial charge is 0.0604 e. The quantitative estimate of drug-likeness (QED) is 0.579. The van der Waals surface area contributed by atoms with Crippen molar-refractivity contribution in [2.75, 3.05) is 13.1 Å². The molecule has 0 aromatic heterocycles. The summed E-state index contributed by atoms with van der Waals surface area (Å²) in [5.74, 6) is 6.60. The Morgan fingerprint density at radius 3 is 2.57 bits per heavy atom. The summed E-state index contributed by atoms with van der Waals surface area (Å²) >= 11 is 0. The maximum atomic E-state index is 3.30. The minimum absolute atomic E-state index is 0.152. The number of nitrogens with zero attached hydrogens (tertiary/aromatic N) is 1. The molecule has 0 N–H and O–H groups in total. The third-order valence-corrected chi connectivity index (χ3v) is 2.69.